The third kappa shape index (κ3) is 2.13. The Morgan fingerprint density at radius 2 is 2.17 bits per heavy atom. The highest BCUT2D eigenvalue weighted by Crippen LogP contribution is 2.31. The highest BCUT2D eigenvalue weighted by molar-refractivity contribution is 6.33. The third-order valence-corrected chi connectivity index (χ3v) is 2.99. The Morgan fingerprint density at radius 3 is 2.78 bits per heavy atom. The molecule has 0 radical (unpaired) electrons. The molecule has 0 aliphatic carbocycles. The summed E-state index contributed by atoms with van der Waals surface area (Å²) in [5, 5.41) is 0.267. The molecule has 2 rings (SSSR count). The quantitative estimate of drug-likeness (QED) is 0.841. The Morgan fingerprint density at radius 1 is 1.44 bits per heavy atom. The number of nitrogens with two attached hydrogens (primary N) is 2. The van der Waals surface area contributed by atoms with E-state index in [-0.39, 0.29) is 5.02 Å². The van der Waals surface area contributed by atoms with Crippen molar-refractivity contribution in [3.05, 3.63) is 34.9 Å². The molecule has 0 aliphatic rings. The van der Waals surface area contributed by atoms with Gasteiger partial charge in [-0.25, -0.2) is 14.1 Å². The fraction of sp³-hybridized carbons (Fsp3) is 0.250. The van der Waals surface area contributed by atoms with Crippen LogP contribution in [0.15, 0.2) is 18.2 Å². The Balaban J connectivity index is 2.53. The number of rotatable bonds is 3. The SMILES string of the molecule is CCCc1nc(-c2ccc(F)cc2Cl)c(N)n1N. The van der Waals surface area contributed by atoms with Gasteiger partial charge in [0.1, 0.15) is 17.3 Å². The first-order chi connectivity index (χ1) is 8.54. The van der Waals surface area contributed by atoms with Crippen LogP contribution in [0.1, 0.15) is 19.2 Å². The van der Waals surface area contributed by atoms with Crippen molar-refractivity contribution in [2.75, 3.05) is 11.6 Å². The predicted molar refractivity (Wildman–Crippen MR) is 71.2 cm³/mol. The molecule has 0 atom stereocenters. The smallest absolute Gasteiger partial charge is 0.150 e. The van der Waals surface area contributed by atoms with E-state index < -0.39 is 5.82 Å². The van der Waals surface area contributed by atoms with Crippen LogP contribution in [-0.4, -0.2) is 9.66 Å². The van der Waals surface area contributed by atoms with E-state index in [4.69, 9.17) is 23.2 Å². The zero-order chi connectivity index (χ0) is 13.3. The minimum atomic E-state index is -0.400. The van der Waals surface area contributed by atoms with E-state index in [1.807, 2.05) is 6.92 Å². The molecule has 0 saturated carbocycles. The van der Waals surface area contributed by atoms with E-state index >= 15 is 0 Å². The molecule has 0 bridgehead atoms. The monoisotopic (exact) mass is 268 g/mol. The van der Waals surface area contributed by atoms with Crippen LogP contribution in [0, 0.1) is 5.82 Å². The van der Waals surface area contributed by atoms with Crippen LogP contribution in [0.2, 0.25) is 5.02 Å². The average molecular weight is 269 g/mol. The molecule has 4 nitrogen and oxygen atoms in total. The van der Waals surface area contributed by atoms with Crippen LogP contribution >= 0.6 is 11.6 Å². The van der Waals surface area contributed by atoms with Crippen LogP contribution < -0.4 is 11.6 Å². The molecule has 18 heavy (non-hydrogen) atoms. The number of nitrogen functional groups attached to an aromatic ring is 2. The first kappa shape index (κ1) is 12.7. The lowest BCUT2D eigenvalue weighted by atomic mass is 10.1. The normalized spacial score (nSPS) is 10.8. The van der Waals surface area contributed by atoms with Crippen molar-refractivity contribution in [3.8, 4) is 11.3 Å². The van der Waals surface area contributed by atoms with E-state index in [9.17, 15) is 4.39 Å². The van der Waals surface area contributed by atoms with Crippen molar-refractivity contribution >= 4 is 17.4 Å². The summed E-state index contributed by atoms with van der Waals surface area (Å²) in [6.45, 7) is 2.02. The maximum absolute atomic E-state index is 13.0. The molecule has 2 aromatic rings. The van der Waals surface area contributed by atoms with Gasteiger partial charge in [-0.15, -0.1) is 0 Å². The standard InChI is InChI=1S/C12H14ClFN4/c1-2-3-10-17-11(12(15)18(10)16)8-5-4-7(14)6-9(8)13/h4-6H,2-3,15-16H2,1H3. The van der Waals surface area contributed by atoms with Gasteiger partial charge in [0.2, 0.25) is 0 Å². The second kappa shape index (κ2) is 4.86. The summed E-state index contributed by atoms with van der Waals surface area (Å²) >= 11 is 5.99. The van der Waals surface area contributed by atoms with E-state index in [2.05, 4.69) is 4.98 Å². The fourth-order valence-electron chi connectivity index (χ4n) is 1.77. The lowest BCUT2D eigenvalue weighted by Gasteiger charge is -2.03. The van der Waals surface area contributed by atoms with E-state index in [0.29, 0.717) is 22.9 Å². The summed E-state index contributed by atoms with van der Waals surface area (Å²) < 4.78 is 14.3. The first-order valence-corrected chi connectivity index (χ1v) is 6.00. The number of hydrogen-bond donors (Lipinski definition) is 2. The van der Waals surface area contributed by atoms with Crippen LogP contribution in [0.3, 0.4) is 0 Å². The second-order valence-corrected chi connectivity index (χ2v) is 4.41. The molecule has 0 fully saturated rings. The van der Waals surface area contributed by atoms with Crippen molar-refractivity contribution in [2.45, 2.75) is 19.8 Å². The van der Waals surface area contributed by atoms with Gasteiger partial charge in [0.25, 0.3) is 0 Å². The van der Waals surface area contributed by atoms with Crippen LogP contribution in [0.4, 0.5) is 10.2 Å². The maximum atomic E-state index is 13.0. The number of anilines is 1. The summed E-state index contributed by atoms with van der Waals surface area (Å²) in [6, 6.07) is 4.09. The molecule has 0 amide bonds. The molecule has 1 aromatic carbocycles. The lowest BCUT2D eigenvalue weighted by Crippen LogP contribution is -2.15. The number of aryl methyl sites for hydroxylation is 1. The first-order valence-electron chi connectivity index (χ1n) is 5.62. The Bertz CT molecular complexity index is 580. The van der Waals surface area contributed by atoms with Gasteiger partial charge in [0.15, 0.2) is 5.82 Å². The molecular formula is C12H14ClFN4. The molecule has 6 heteroatoms. The zero-order valence-corrected chi connectivity index (χ0v) is 10.7. The Hall–Kier alpha value is -1.75. The molecule has 96 valence electrons. The van der Waals surface area contributed by atoms with Crippen LogP contribution in [0.25, 0.3) is 11.3 Å². The van der Waals surface area contributed by atoms with Crippen molar-refractivity contribution in [3.63, 3.8) is 0 Å². The molecule has 0 aliphatic heterocycles. The van der Waals surface area contributed by atoms with Crippen molar-refractivity contribution < 1.29 is 4.39 Å². The second-order valence-electron chi connectivity index (χ2n) is 4.01. The minimum absolute atomic E-state index is 0.267. The van der Waals surface area contributed by atoms with Crippen molar-refractivity contribution in [1.82, 2.24) is 9.66 Å². The van der Waals surface area contributed by atoms with Gasteiger partial charge in [0.05, 0.1) is 5.02 Å². The summed E-state index contributed by atoms with van der Waals surface area (Å²) in [7, 11) is 0. The fourth-order valence-corrected chi connectivity index (χ4v) is 2.03. The van der Waals surface area contributed by atoms with Gasteiger partial charge in [-0.3, -0.25) is 0 Å². The summed E-state index contributed by atoms with van der Waals surface area (Å²) in [5.41, 5.74) is 6.97. The van der Waals surface area contributed by atoms with Crippen molar-refractivity contribution in [1.29, 1.82) is 0 Å². The highest BCUT2D eigenvalue weighted by atomic mass is 35.5. The van der Waals surface area contributed by atoms with Gasteiger partial charge in [-0.2, -0.15) is 0 Å². The van der Waals surface area contributed by atoms with E-state index in [0.717, 1.165) is 12.8 Å². The van der Waals surface area contributed by atoms with E-state index in [1.165, 1.54) is 16.8 Å². The minimum Gasteiger partial charge on any atom is -0.382 e. The molecular weight excluding hydrogens is 255 g/mol. The average Bonchev–Trinajstić information content (AvgIpc) is 2.58. The zero-order valence-electron chi connectivity index (χ0n) is 9.95. The number of halogens is 2. The molecule has 4 N–H and O–H groups in total. The molecule has 1 aromatic heterocycles. The molecule has 0 unspecified atom stereocenters. The lowest BCUT2D eigenvalue weighted by molar-refractivity contribution is 0.628. The Kier molecular flexibility index (Phi) is 3.43. The van der Waals surface area contributed by atoms with Gasteiger partial charge in [-0.05, 0) is 24.6 Å². The van der Waals surface area contributed by atoms with Crippen molar-refractivity contribution in [2.24, 2.45) is 0 Å². The number of imidazole rings is 1. The number of nitrogens with zero attached hydrogens (tertiary/aromatic N) is 2. The molecule has 0 saturated heterocycles. The summed E-state index contributed by atoms with van der Waals surface area (Å²) in [5.74, 6) is 6.43. The highest BCUT2D eigenvalue weighted by Gasteiger charge is 2.16. The number of benzene rings is 1. The topological polar surface area (TPSA) is 69.9 Å². The maximum Gasteiger partial charge on any atom is 0.150 e. The number of aromatic nitrogens is 2. The Labute approximate surface area is 109 Å². The molecule has 1 heterocycles. The van der Waals surface area contributed by atoms with Gasteiger partial charge in [0, 0.05) is 12.0 Å². The van der Waals surface area contributed by atoms with Crippen LogP contribution in [0.5, 0.6) is 0 Å². The largest absolute Gasteiger partial charge is 0.382 e. The predicted octanol–water partition coefficient (Wildman–Crippen LogP) is 2.59. The van der Waals surface area contributed by atoms with E-state index in [1.54, 1.807) is 6.07 Å². The summed E-state index contributed by atoms with van der Waals surface area (Å²) in [4.78, 5) is 4.37. The third-order valence-electron chi connectivity index (χ3n) is 2.68. The number of hydrogen-bond acceptors (Lipinski definition) is 3. The van der Waals surface area contributed by atoms with Gasteiger partial charge < -0.3 is 11.6 Å². The molecule has 0 spiro atoms. The summed E-state index contributed by atoms with van der Waals surface area (Å²) in [6.07, 6.45) is 1.63. The van der Waals surface area contributed by atoms with Gasteiger partial charge in [-0.1, -0.05) is 18.5 Å². The van der Waals surface area contributed by atoms with Gasteiger partial charge >= 0.3 is 0 Å². The van der Waals surface area contributed by atoms with Crippen LogP contribution in [-0.2, 0) is 6.42 Å².